The highest BCUT2D eigenvalue weighted by molar-refractivity contribution is 8.00. The lowest BCUT2D eigenvalue weighted by molar-refractivity contribution is -0.146. The lowest BCUT2D eigenvalue weighted by Gasteiger charge is -2.24. The van der Waals surface area contributed by atoms with Gasteiger partial charge in [-0.1, -0.05) is 37.3 Å². The molecule has 0 radical (unpaired) electrons. The molecule has 2 amide bonds. The van der Waals surface area contributed by atoms with E-state index in [2.05, 4.69) is 10.6 Å². The molecule has 6 nitrogen and oxygen atoms in total. The van der Waals surface area contributed by atoms with Crippen molar-refractivity contribution in [2.24, 2.45) is 11.8 Å². The first-order valence-electron chi connectivity index (χ1n) is 11.0. The van der Waals surface area contributed by atoms with Crippen LogP contribution in [-0.4, -0.2) is 28.1 Å². The largest absolute Gasteiger partial charge is 0.481 e. The fourth-order valence-corrected chi connectivity index (χ4v) is 4.81. The van der Waals surface area contributed by atoms with Crippen molar-refractivity contribution >= 4 is 40.9 Å². The number of carbonyl (C=O) groups is 3. The van der Waals surface area contributed by atoms with Gasteiger partial charge in [0.25, 0.3) is 0 Å². The van der Waals surface area contributed by atoms with Crippen LogP contribution in [0.15, 0.2) is 65.6 Å². The highest BCUT2D eigenvalue weighted by Gasteiger charge is 2.35. The van der Waals surface area contributed by atoms with Crippen LogP contribution in [0.2, 0.25) is 0 Å². The van der Waals surface area contributed by atoms with Crippen LogP contribution in [0.4, 0.5) is 24.5 Å². The third kappa shape index (κ3) is 6.88. The second kappa shape index (κ2) is 11.4. The number of para-hydroxylation sites is 1. The summed E-state index contributed by atoms with van der Waals surface area (Å²) in [6.45, 7) is 1.75. The molecule has 0 bridgehead atoms. The van der Waals surface area contributed by atoms with Crippen LogP contribution >= 0.6 is 11.8 Å². The average Bonchev–Trinajstić information content (AvgIpc) is 2.82. The zero-order valence-corrected chi connectivity index (χ0v) is 19.7. The van der Waals surface area contributed by atoms with Crippen molar-refractivity contribution < 1.29 is 32.7 Å². The van der Waals surface area contributed by atoms with E-state index in [-0.39, 0.29) is 12.1 Å². The molecule has 0 heterocycles. The molecule has 0 saturated heterocycles. The molecule has 10 heteroatoms. The van der Waals surface area contributed by atoms with E-state index in [0.717, 1.165) is 17.8 Å². The Morgan fingerprint density at radius 2 is 1.71 bits per heavy atom. The molecule has 0 saturated carbocycles. The standard InChI is InChI=1S/C25H25F3N2O4S/c1-2-21(23(32)30-20-13-6-5-12-19(20)25(26,27)28)35-16-9-7-8-15(14-16)29-22(31)17-10-3-4-11-18(17)24(33)34/h3-9,12-14,17-18,21H,2,10-11H2,1H3,(H,29,31)(H,30,32)(H,33,34). The molecule has 3 atom stereocenters. The summed E-state index contributed by atoms with van der Waals surface area (Å²) in [7, 11) is 0. The van der Waals surface area contributed by atoms with E-state index >= 15 is 0 Å². The molecule has 0 fully saturated rings. The summed E-state index contributed by atoms with van der Waals surface area (Å²) in [6, 6.07) is 11.5. The zero-order valence-electron chi connectivity index (χ0n) is 18.8. The van der Waals surface area contributed by atoms with E-state index in [0.29, 0.717) is 23.4 Å². The van der Waals surface area contributed by atoms with Gasteiger partial charge >= 0.3 is 12.1 Å². The topological polar surface area (TPSA) is 95.5 Å². The minimum Gasteiger partial charge on any atom is -0.481 e. The number of halogens is 3. The summed E-state index contributed by atoms with van der Waals surface area (Å²) in [5, 5.41) is 13.8. The van der Waals surface area contributed by atoms with E-state index in [1.54, 1.807) is 43.3 Å². The van der Waals surface area contributed by atoms with Crippen LogP contribution in [0.3, 0.4) is 0 Å². The van der Waals surface area contributed by atoms with Crippen LogP contribution in [0.25, 0.3) is 0 Å². The van der Waals surface area contributed by atoms with E-state index in [9.17, 15) is 32.7 Å². The molecule has 35 heavy (non-hydrogen) atoms. The van der Waals surface area contributed by atoms with E-state index in [1.807, 2.05) is 0 Å². The van der Waals surface area contributed by atoms with Crippen molar-refractivity contribution in [2.45, 2.75) is 42.5 Å². The average molecular weight is 507 g/mol. The summed E-state index contributed by atoms with van der Waals surface area (Å²) in [6.07, 6.45) is -0.0853. The molecule has 1 aliphatic rings. The molecule has 2 aromatic rings. The highest BCUT2D eigenvalue weighted by atomic mass is 32.2. The number of hydrogen-bond acceptors (Lipinski definition) is 4. The lowest BCUT2D eigenvalue weighted by atomic mass is 9.82. The molecule has 3 rings (SSSR count). The molecule has 3 unspecified atom stereocenters. The number of amides is 2. The normalized spacial score (nSPS) is 18.5. The second-order valence-electron chi connectivity index (χ2n) is 8.06. The van der Waals surface area contributed by atoms with Gasteiger partial charge in [-0.3, -0.25) is 14.4 Å². The van der Waals surface area contributed by atoms with Crippen molar-refractivity contribution in [3.05, 3.63) is 66.2 Å². The number of hydrogen-bond donors (Lipinski definition) is 3. The molecule has 3 N–H and O–H groups in total. The molecule has 1 aliphatic carbocycles. The van der Waals surface area contributed by atoms with Gasteiger partial charge in [0.05, 0.1) is 28.3 Å². The van der Waals surface area contributed by atoms with E-state index in [4.69, 9.17) is 0 Å². The Balaban J connectivity index is 1.69. The molecule has 0 aliphatic heterocycles. The monoisotopic (exact) mass is 506 g/mol. The first kappa shape index (κ1) is 26.3. The summed E-state index contributed by atoms with van der Waals surface area (Å²) in [5.74, 6) is -3.50. The molecule has 0 spiro atoms. The summed E-state index contributed by atoms with van der Waals surface area (Å²) in [5.41, 5.74) is -0.786. The number of thioether (sulfide) groups is 1. The maximum atomic E-state index is 13.3. The Kier molecular flexibility index (Phi) is 8.61. The number of carbonyl (C=O) groups excluding carboxylic acids is 2. The van der Waals surface area contributed by atoms with Gasteiger partial charge in [0.15, 0.2) is 0 Å². The third-order valence-corrected chi connectivity index (χ3v) is 6.98. The minimum absolute atomic E-state index is 0.286. The van der Waals surface area contributed by atoms with Crippen molar-refractivity contribution in [3.63, 3.8) is 0 Å². The maximum Gasteiger partial charge on any atom is 0.418 e. The quantitative estimate of drug-likeness (QED) is 0.310. The van der Waals surface area contributed by atoms with E-state index in [1.165, 1.54) is 18.2 Å². The number of rotatable bonds is 8. The molecule has 186 valence electrons. The lowest BCUT2D eigenvalue weighted by Crippen LogP contribution is -2.34. The van der Waals surface area contributed by atoms with Gasteiger partial charge in [0.2, 0.25) is 11.8 Å². The molecule has 2 aromatic carbocycles. The van der Waals surface area contributed by atoms with Gasteiger partial charge in [-0.25, -0.2) is 0 Å². The summed E-state index contributed by atoms with van der Waals surface area (Å²) in [4.78, 5) is 37.6. The van der Waals surface area contributed by atoms with Gasteiger partial charge in [-0.2, -0.15) is 13.2 Å². The zero-order chi connectivity index (χ0) is 25.6. The van der Waals surface area contributed by atoms with Gasteiger partial charge < -0.3 is 15.7 Å². The Labute approximate surface area is 205 Å². The molecular formula is C25H25F3N2O4S. The van der Waals surface area contributed by atoms with Gasteiger partial charge in [0, 0.05) is 10.6 Å². The Morgan fingerprint density at radius 3 is 2.37 bits per heavy atom. The Hall–Kier alpha value is -3.27. The van der Waals surface area contributed by atoms with Gasteiger partial charge in [0.1, 0.15) is 0 Å². The number of nitrogens with one attached hydrogen (secondary N) is 2. The van der Waals surface area contributed by atoms with Crippen LogP contribution in [0.1, 0.15) is 31.7 Å². The van der Waals surface area contributed by atoms with Crippen molar-refractivity contribution in [1.29, 1.82) is 0 Å². The van der Waals surface area contributed by atoms with Crippen LogP contribution in [0, 0.1) is 11.8 Å². The number of carboxylic acids is 1. The van der Waals surface area contributed by atoms with E-state index < -0.39 is 46.6 Å². The summed E-state index contributed by atoms with van der Waals surface area (Å²) >= 11 is 1.16. The second-order valence-corrected chi connectivity index (χ2v) is 9.33. The fourth-order valence-electron chi connectivity index (χ4n) is 3.80. The number of benzene rings is 2. The Morgan fingerprint density at radius 1 is 1.03 bits per heavy atom. The number of carboxylic acid groups (broad SMARTS) is 1. The minimum atomic E-state index is -4.60. The van der Waals surface area contributed by atoms with Gasteiger partial charge in [-0.05, 0) is 49.6 Å². The number of allylic oxidation sites excluding steroid dienone is 2. The first-order chi connectivity index (χ1) is 16.6. The number of anilines is 2. The molecule has 0 aromatic heterocycles. The smallest absolute Gasteiger partial charge is 0.418 e. The predicted molar refractivity (Wildman–Crippen MR) is 128 cm³/mol. The number of aliphatic carboxylic acids is 1. The third-order valence-electron chi connectivity index (χ3n) is 5.62. The van der Waals surface area contributed by atoms with Gasteiger partial charge in [-0.15, -0.1) is 11.8 Å². The van der Waals surface area contributed by atoms with Crippen LogP contribution in [-0.2, 0) is 20.6 Å². The SMILES string of the molecule is CCC(Sc1cccc(NC(=O)C2CC=CCC2C(=O)O)c1)C(=O)Nc1ccccc1C(F)(F)F. The van der Waals surface area contributed by atoms with Crippen molar-refractivity contribution in [2.75, 3.05) is 10.6 Å². The predicted octanol–water partition coefficient (Wildman–Crippen LogP) is 5.82. The highest BCUT2D eigenvalue weighted by Crippen LogP contribution is 2.36. The number of alkyl halides is 3. The van der Waals surface area contributed by atoms with Crippen molar-refractivity contribution in [1.82, 2.24) is 0 Å². The maximum absolute atomic E-state index is 13.3. The Bertz CT molecular complexity index is 1120. The fraction of sp³-hybridized carbons (Fsp3) is 0.320. The molecular weight excluding hydrogens is 481 g/mol. The van der Waals surface area contributed by atoms with Crippen molar-refractivity contribution in [3.8, 4) is 0 Å². The first-order valence-corrected chi connectivity index (χ1v) is 11.9. The van der Waals surface area contributed by atoms with Crippen LogP contribution in [0.5, 0.6) is 0 Å². The van der Waals surface area contributed by atoms with Crippen LogP contribution < -0.4 is 10.6 Å². The summed E-state index contributed by atoms with van der Waals surface area (Å²) < 4.78 is 39.8.